The maximum atomic E-state index is 5.57. The van der Waals surface area contributed by atoms with Gasteiger partial charge in [-0.25, -0.2) is 0 Å². The molecule has 0 saturated carbocycles. The monoisotopic (exact) mass is 283 g/mol. The van der Waals surface area contributed by atoms with Gasteiger partial charge in [0, 0.05) is 17.4 Å². The first-order valence-electron chi connectivity index (χ1n) is 6.75. The Bertz CT molecular complexity index is 371. The van der Waals surface area contributed by atoms with E-state index in [1.807, 2.05) is 30.8 Å². The van der Waals surface area contributed by atoms with Crippen LogP contribution in [0.15, 0.2) is 18.2 Å². The summed E-state index contributed by atoms with van der Waals surface area (Å²) < 4.78 is 11.0. The third-order valence-corrected chi connectivity index (χ3v) is 4.05. The Balaban J connectivity index is 2.55. The van der Waals surface area contributed by atoms with Crippen molar-refractivity contribution in [1.29, 1.82) is 0 Å². The second-order valence-corrected chi connectivity index (χ2v) is 5.67. The molecule has 4 heteroatoms. The Labute approximate surface area is 121 Å². The number of para-hydroxylation sites is 1. The van der Waals surface area contributed by atoms with Crippen LogP contribution in [0.2, 0.25) is 0 Å². The third kappa shape index (κ3) is 5.33. The molecule has 1 aromatic rings. The van der Waals surface area contributed by atoms with Crippen molar-refractivity contribution < 1.29 is 9.47 Å². The first-order valence-corrected chi connectivity index (χ1v) is 8.03. The first kappa shape index (κ1) is 16.2. The van der Waals surface area contributed by atoms with Crippen molar-refractivity contribution in [3.05, 3.63) is 23.8 Å². The van der Waals surface area contributed by atoms with Gasteiger partial charge in [-0.3, -0.25) is 0 Å². The maximum Gasteiger partial charge on any atom is 0.165 e. The molecular formula is C15H25NO2S. The van der Waals surface area contributed by atoms with Crippen LogP contribution in [-0.2, 0) is 6.54 Å². The highest BCUT2D eigenvalue weighted by molar-refractivity contribution is 7.99. The minimum Gasteiger partial charge on any atom is -0.493 e. The Hall–Kier alpha value is -0.870. The summed E-state index contributed by atoms with van der Waals surface area (Å²) >= 11 is 1.90. The second kappa shape index (κ2) is 9.10. The van der Waals surface area contributed by atoms with Crippen molar-refractivity contribution in [3.8, 4) is 11.5 Å². The van der Waals surface area contributed by atoms with Gasteiger partial charge in [0.1, 0.15) is 0 Å². The van der Waals surface area contributed by atoms with E-state index in [2.05, 4.69) is 24.6 Å². The lowest BCUT2D eigenvalue weighted by molar-refractivity contribution is 0.308. The van der Waals surface area contributed by atoms with Crippen LogP contribution in [0.4, 0.5) is 0 Å². The molecule has 1 atom stereocenters. The molecule has 108 valence electrons. The zero-order valence-corrected chi connectivity index (χ0v) is 13.2. The number of benzene rings is 1. The van der Waals surface area contributed by atoms with E-state index in [0.717, 1.165) is 30.2 Å². The van der Waals surface area contributed by atoms with E-state index in [-0.39, 0.29) is 0 Å². The minimum absolute atomic E-state index is 0.651. The molecule has 19 heavy (non-hydrogen) atoms. The van der Waals surface area contributed by atoms with Crippen LogP contribution in [0.3, 0.4) is 0 Å². The van der Waals surface area contributed by atoms with Gasteiger partial charge >= 0.3 is 0 Å². The van der Waals surface area contributed by atoms with Gasteiger partial charge in [-0.2, -0.15) is 11.8 Å². The predicted molar refractivity (Wildman–Crippen MR) is 83.5 cm³/mol. The van der Waals surface area contributed by atoms with E-state index in [4.69, 9.17) is 9.47 Å². The molecule has 0 radical (unpaired) electrons. The summed E-state index contributed by atoms with van der Waals surface area (Å²) in [7, 11) is 1.69. The molecule has 1 aromatic carbocycles. The summed E-state index contributed by atoms with van der Waals surface area (Å²) in [5.74, 6) is 1.66. The first-order chi connectivity index (χ1) is 9.22. The molecule has 0 bridgehead atoms. The molecular weight excluding hydrogens is 258 g/mol. The molecule has 0 aromatic heterocycles. The van der Waals surface area contributed by atoms with Crippen molar-refractivity contribution in [2.45, 2.75) is 32.1 Å². The van der Waals surface area contributed by atoms with Crippen LogP contribution in [0, 0.1) is 0 Å². The van der Waals surface area contributed by atoms with Crippen molar-refractivity contribution in [1.82, 2.24) is 5.32 Å². The van der Waals surface area contributed by atoms with Crippen LogP contribution < -0.4 is 14.8 Å². The molecule has 0 aliphatic heterocycles. The average molecular weight is 283 g/mol. The molecule has 0 spiro atoms. The minimum atomic E-state index is 0.651. The van der Waals surface area contributed by atoms with Crippen LogP contribution in [0.5, 0.6) is 11.5 Å². The fourth-order valence-corrected chi connectivity index (χ4v) is 2.20. The smallest absolute Gasteiger partial charge is 0.165 e. The fraction of sp³-hybridized carbons (Fsp3) is 0.600. The Morgan fingerprint density at radius 3 is 2.79 bits per heavy atom. The largest absolute Gasteiger partial charge is 0.493 e. The Morgan fingerprint density at radius 1 is 1.37 bits per heavy atom. The summed E-state index contributed by atoms with van der Waals surface area (Å²) in [5, 5.41) is 4.16. The Morgan fingerprint density at radius 2 is 2.16 bits per heavy atom. The lowest BCUT2D eigenvalue weighted by Crippen LogP contribution is -2.18. The molecule has 0 amide bonds. The highest BCUT2D eigenvalue weighted by atomic mass is 32.2. The predicted octanol–water partition coefficient (Wildman–Crippen LogP) is 3.33. The third-order valence-electron chi connectivity index (χ3n) is 3.01. The summed E-state index contributed by atoms with van der Waals surface area (Å²) in [6, 6.07) is 6.03. The SMILES string of the molecule is CCOc1cccc(CNCCC(C)SC)c1OC. The molecule has 0 aliphatic rings. The van der Waals surface area contributed by atoms with E-state index >= 15 is 0 Å². The number of hydrogen-bond acceptors (Lipinski definition) is 4. The molecule has 3 nitrogen and oxygen atoms in total. The van der Waals surface area contributed by atoms with Gasteiger partial charge in [-0.05, 0) is 32.2 Å². The van der Waals surface area contributed by atoms with Gasteiger partial charge in [-0.15, -0.1) is 0 Å². The van der Waals surface area contributed by atoms with Gasteiger partial charge < -0.3 is 14.8 Å². The van der Waals surface area contributed by atoms with Crippen molar-refractivity contribution in [2.24, 2.45) is 0 Å². The molecule has 1 unspecified atom stereocenters. The van der Waals surface area contributed by atoms with Crippen molar-refractivity contribution >= 4 is 11.8 Å². The normalized spacial score (nSPS) is 12.2. The lowest BCUT2D eigenvalue weighted by Gasteiger charge is -2.14. The fourth-order valence-electron chi connectivity index (χ4n) is 1.85. The lowest BCUT2D eigenvalue weighted by atomic mass is 10.2. The van der Waals surface area contributed by atoms with Gasteiger partial charge in [0.05, 0.1) is 13.7 Å². The van der Waals surface area contributed by atoms with E-state index in [1.54, 1.807) is 7.11 Å². The molecule has 1 N–H and O–H groups in total. The van der Waals surface area contributed by atoms with Crippen molar-refractivity contribution in [2.75, 3.05) is 26.5 Å². The highest BCUT2D eigenvalue weighted by Crippen LogP contribution is 2.30. The number of rotatable bonds is 9. The van der Waals surface area contributed by atoms with Gasteiger partial charge in [0.15, 0.2) is 11.5 Å². The number of methoxy groups -OCH3 is 1. The van der Waals surface area contributed by atoms with Crippen LogP contribution >= 0.6 is 11.8 Å². The van der Waals surface area contributed by atoms with E-state index in [1.165, 1.54) is 6.42 Å². The average Bonchev–Trinajstić information content (AvgIpc) is 2.43. The van der Waals surface area contributed by atoms with Crippen LogP contribution in [0.25, 0.3) is 0 Å². The van der Waals surface area contributed by atoms with Gasteiger partial charge in [0.25, 0.3) is 0 Å². The van der Waals surface area contributed by atoms with E-state index in [0.29, 0.717) is 11.9 Å². The Kier molecular flexibility index (Phi) is 7.75. The van der Waals surface area contributed by atoms with E-state index in [9.17, 15) is 0 Å². The number of thioether (sulfide) groups is 1. The summed E-state index contributed by atoms with van der Waals surface area (Å²) in [6.07, 6.45) is 3.33. The summed E-state index contributed by atoms with van der Waals surface area (Å²) in [4.78, 5) is 0. The number of ether oxygens (including phenoxy) is 2. The van der Waals surface area contributed by atoms with Gasteiger partial charge in [0.2, 0.25) is 0 Å². The molecule has 0 saturated heterocycles. The van der Waals surface area contributed by atoms with Gasteiger partial charge in [-0.1, -0.05) is 19.1 Å². The zero-order chi connectivity index (χ0) is 14.1. The van der Waals surface area contributed by atoms with Crippen LogP contribution in [0.1, 0.15) is 25.8 Å². The van der Waals surface area contributed by atoms with E-state index < -0.39 is 0 Å². The molecule has 0 fully saturated rings. The maximum absolute atomic E-state index is 5.57. The quantitative estimate of drug-likeness (QED) is 0.704. The standard InChI is InChI=1S/C15H25NO2S/c1-5-18-14-8-6-7-13(15(14)17-3)11-16-10-9-12(2)19-4/h6-8,12,16H,5,9-11H2,1-4H3. The molecule has 1 rings (SSSR count). The number of nitrogens with one attached hydrogen (secondary N) is 1. The van der Waals surface area contributed by atoms with Crippen LogP contribution in [-0.4, -0.2) is 31.8 Å². The van der Waals surface area contributed by atoms with Crippen molar-refractivity contribution in [3.63, 3.8) is 0 Å². The highest BCUT2D eigenvalue weighted by Gasteiger charge is 2.09. The summed E-state index contributed by atoms with van der Waals surface area (Å²) in [5.41, 5.74) is 1.14. The topological polar surface area (TPSA) is 30.5 Å². The zero-order valence-electron chi connectivity index (χ0n) is 12.4. The molecule has 0 aliphatic carbocycles. The molecule has 0 heterocycles. The number of hydrogen-bond donors (Lipinski definition) is 1. The second-order valence-electron chi connectivity index (χ2n) is 4.39. The summed E-state index contributed by atoms with van der Waals surface area (Å²) in [6.45, 7) is 6.71.